The maximum atomic E-state index is 5.96. The molecule has 0 spiro atoms. The number of benzene rings is 1. The molecule has 124 valence electrons. The molecule has 1 aromatic carbocycles. The first-order chi connectivity index (χ1) is 10.6. The van der Waals surface area contributed by atoms with Gasteiger partial charge in [-0.05, 0) is 42.5 Å². The lowest BCUT2D eigenvalue weighted by Gasteiger charge is -2.07. The summed E-state index contributed by atoms with van der Waals surface area (Å²) in [6.07, 6.45) is 3.59. The Morgan fingerprint density at radius 3 is 2.83 bits per heavy atom. The lowest BCUT2D eigenvalue weighted by atomic mass is 10.1. The lowest BCUT2D eigenvalue weighted by molar-refractivity contribution is 0.816. The number of anilines is 1. The molecule has 3 N–H and O–H groups in total. The number of aromatic nitrogens is 2. The van der Waals surface area contributed by atoms with Gasteiger partial charge in [-0.25, -0.2) is 4.99 Å². The van der Waals surface area contributed by atoms with E-state index in [9.17, 15) is 0 Å². The van der Waals surface area contributed by atoms with Crippen LogP contribution in [0, 0.1) is 0 Å². The van der Waals surface area contributed by atoms with Gasteiger partial charge < -0.3 is 11.1 Å². The Labute approximate surface area is 157 Å². The standard InChI is InChI=1S/C16H21N5S.HI/c1-10(2)15-21-20-14(22-15)9-18-16(17)19-13-7-6-11-4-3-5-12(11)8-13;/h6-8,10H,3-5,9H2,1-2H3,(H3,17,18,19);1H. The molecule has 3 rings (SSSR count). The first-order valence-electron chi connectivity index (χ1n) is 7.63. The summed E-state index contributed by atoms with van der Waals surface area (Å²) < 4.78 is 0. The highest BCUT2D eigenvalue weighted by atomic mass is 127. The molecule has 1 aliphatic rings. The average molecular weight is 443 g/mol. The molecule has 1 aliphatic carbocycles. The van der Waals surface area contributed by atoms with Crippen LogP contribution in [0.25, 0.3) is 0 Å². The number of fused-ring (bicyclic) bond motifs is 1. The van der Waals surface area contributed by atoms with Crippen LogP contribution in [-0.4, -0.2) is 16.2 Å². The number of nitrogens with one attached hydrogen (secondary N) is 1. The summed E-state index contributed by atoms with van der Waals surface area (Å²) in [5.74, 6) is 0.816. The second kappa shape index (κ2) is 8.05. The van der Waals surface area contributed by atoms with Gasteiger partial charge in [0.2, 0.25) is 0 Å². The van der Waals surface area contributed by atoms with Gasteiger partial charge >= 0.3 is 0 Å². The lowest BCUT2D eigenvalue weighted by Crippen LogP contribution is -2.22. The third-order valence-corrected chi connectivity index (χ3v) is 4.94. The van der Waals surface area contributed by atoms with Gasteiger partial charge in [-0.15, -0.1) is 34.2 Å². The summed E-state index contributed by atoms with van der Waals surface area (Å²) in [5, 5.41) is 13.4. The predicted octanol–water partition coefficient (Wildman–Crippen LogP) is 3.70. The number of guanidine groups is 1. The van der Waals surface area contributed by atoms with Gasteiger partial charge in [0.05, 0.1) is 6.54 Å². The quantitative estimate of drug-likeness (QED) is 0.429. The van der Waals surface area contributed by atoms with Crippen LogP contribution < -0.4 is 11.1 Å². The van der Waals surface area contributed by atoms with E-state index in [1.165, 1.54) is 24.0 Å². The molecule has 0 bridgehead atoms. The highest BCUT2D eigenvalue weighted by Crippen LogP contribution is 2.24. The zero-order valence-electron chi connectivity index (χ0n) is 13.4. The van der Waals surface area contributed by atoms with Gasteiger partial charge in [0.25, 0.3) is 0 Å². The Bertz CT molecular complexity index is 696. The van der Waals surface area contributed by atoms with Crippen molar-refractivity contribution >= 4 is 47.0 Å². The molecule has 0 aliphatic heterocycles. The first kappa shape index (κ1) is 18.1. The average Bonchev–Trinajstić information content (AvgIpc) is 3.13. The first-order valence-corrected chi connectivity index (χ1v) is 8.44. The Kier molecular flexibility index (Phi) is 6.34. The van der Waals surface area contributed by atoms with Gasteiger partial charge in [0.1, 0.15) is 10.0 Å². The van der Waals surface area contributed by atoms with Gasteiger partial charge in [0.15, 0.2) is 5.96 Å². The fourth-order valence-corrected chi connectivity index (χ4v) is 3.32. The summed E-state index contributed by atoms with van der Waals surface area (Å²) in [4.78, 5) is 4.35. The number of nitrogens with zero attached hydrogens (tertiary/aromatic N) is 3. The number of hydrogen-bond acceptors (Lipinski definition) is 4. The van der Waals surface area contributed by atoms with Crippen molar-refractivity contribution in [2.24, 2.45) is 10.7 Å². The molecule has 7 heteroatoms. The van der Waals surface area contributed by atoms with Gasteiger partial charge in [0, 0.05) is 11.6 Å². The van der Waals surface area contributed by atoms with Crippen LogP contribution in [0.4, 0.5) is 5.69 Å². The summed E-state index contributed by atoms with van der Waals surface area (Å²) in [7, 11) is 0. The van der Waals surface area contributed by atoms with E-state index in [0.717, 1.165) is 22.1 Å². The van der Waals surface area contributed by atoms with Crippen LogP contribution in [0.1, 0.15) is 47.3 Å². The number of hydrogen-bond donors (Lipinski definition) is 2. The molecule has 2 aromatic rings. The number of halogens is 1. The molecule has 23 heavy (non-hydrogen) atoms. The fourth-order valence-electron chi connectivity index (χ4n) is 2.55. The van der Waals surface area contributed by atoms with E-state index in [1.807, 2.05) is 0 Å². The monoisotopic (exact) mass is 443 g/mol. The highest BCUT2D eigenvalue weighted by molar-refractivity contribution is 14.0. The minimum absolute atomic E-state index is 0. The van der Waals surface area contributed by atoms with Crippen LogP contribution in [0.3, 0.4) is 0 Å². The van der Waals surface area contributed by atoms with E-state index in [2.05, 4.69) is 52.6 Å². The number of aliphatic imine (C=N–C) groups is 1. The second-order valence-corrected chi connectivity index (χ2v) is 6.95. The number of aryl methyl sites for hydroxylation is 2. The maximum absolute atomic E-state index is 5.96. The van der Waals surface area contributed by atoms with Crippen LogP contribution in [-0.2, 0) is 19.4 Å². The van der Waals surface area contributed by atoms with Crippen molar-refractivity contribution in [2.75, 3.05) is 5.32 Å². The van der Waals surface area contributed by atoms with Crippen LogP contribution in [0.2, 0.25) is 0 Å². The van der Waals surface area contributed by atoms with Gasteiger partial charge in [-0.3, -0.25) is 0 Å². The van der Waals surface area contributed by atoms with Crippen LogP contribution >= 0.6 is 35.3 Å². The molecular formula is C16H22IN5S. The van der Waals surface area contributed by atoms with Gasteiger partial charge in [-0.2, -0.15) is 0 Å². The van der Waals surface area contributed by atoms with Crippen molar-refractivity contribution < 1.29 is 0 Å². The number of nitrogens with two attached hydrogens (primary N) is 1. The molecule has 1 aromatic heterocycles. The van der Waals surface area contributed by atoms with Gasteiger partial charge in [-0.1, -0.05) is 31.3 Å². The van der Waals surface area contributed by atoms with Crippen molar-refractivity contribution in [3.05, 3.63) is 39.3 Å². The molecule has 0 amide bonds. The van der Waals surface area contributed by atoms with Crippen molar-refractivity contribution in [1.29, 1.82) is 0 Å². The largest absolute Gasteiger partial charge is 0.370 e. The van der Waals surface area contributed by atoms with E-state index in [0.29, 0.717) is 18.4 Å². The van der Waals surface area contributed by atoms with Crippen LogP contribution in [0.5, 0.6) is 0 Å². The molecule has 1 heterocycles. The topological polar surface area (TPSA) is 76.2 Å². The zero-order chi connectivity index (χ0) is 15.5. The van der Waals surface area contributed by atoms with Crippen molar-refractivity contribution in [3.63, 3.8) is 0 Å². The SMILES string of the molecule is CC(C)c1nnc(CN=C(N)Nc2ccc3c(c2)CCC3)s1.I. The maximum Gasteiger partial charge on any atom is 0.193 e. The highest BCUT2D eigenvalue weighted by Gasteiger charge is 2.11. The summed E-state index contributed by atoms with van der Waals surface area (Å²) in [6.45, 7) is 4.68. The normalized spacial score (nSPS) is 13.8. The molecule has 0 saturated heterocycles. The molecule has 0 saturated carbocycles. The van der Waals surface area contributed by atoms with E-state index in [-0.39, 0.29) is 24.0 Å². The fraction of sp³-hybridized carbons (Fsp3) is 0.438. The Balaban J connectivity index is 0.00000192. The third kappa shape index (κ3) is 4.63. The predicted molar refractivity (Wildman–Crippen MR) is 107 cm³/mol. The molecule has 0 radical (unpaired) electrons. The molecule has 0 unspecified atom stereocenters. The molecule has 0 fully saturated rings. The van der Waals surface area contributed by atoms with Crippen molar-refractivity contribution in [1.82, 2.24) is 10.2 Å². The summed E-state index contributed by atoms with van der Waals surface area (Å²) in [5.41, 5.74) is 9.84. The van der Waals surface area contributed by atoms with E-state index < -0.39 is 0 Å². The second-order valence-electron chi connectivity index (χ2n) is 5.85. The Morgan fingerprint density at radius 1 is 1.30 bits per heavy atom. The molecule has 0 atom stereocenters. The van der Waals surface area contributed by atoms with Crippen molar-refractivity contribution in [2.45, 2.75) is 45.6 Å². The minimum Gasteiger partial charge on any atom is -0.370 e. The Hall–Kier alpha value is -1.22. The van der Waals surface area contributed by atoms with E-state index in [1.54, 1.807) is 11.3 Å². The smallest absolute Gasteiger partial charge is 0.193 e. The summed E-state index contributed by atoms with van der Waals surface area (Å²) in [6, 6.07) is 6.42. The zero-order valence-corrected chi connectivity index (χ0v) is 16.5. The molecular weight excluding hydrogens is 421 g/mol. The number of rotatable bonds is 4. The van der Waals surface area contributed by atoms with Crippen molar-refractivity contribution in [3.8, 4) is 0 Å². The third-order valence-electron chi connectivity index (χ3n) is 3.73. The van der Waals surface area contributed by atoms with E-state index >= 15 is 0 Å². The summed E-state index contributed by atoms with van der Waals surface area (Å²) >= 11 is 1.59. The Morgan fingerprint density at radius 2 is 2.09 bits per heavy atom. The van der Waals surface area contributed by atoms with E-state index in [4.69, 9.17) is 5.73 Å². The minimum atomic E-state index is 0. The van der Waals surface area contributed by atoms with Crippen LogP contribution in [0.15, 0.2) is 23.2 Å². The molecule has 5 nitrogen and oxygen atoms in total.